The molecule has 1 aromatic heterocycles. The molecular weight excluding hydrogens is 368 g/mol. The normalized spacial score (nSPS) is 14.6. The molecule has 0 unspecified atom stereocenters. The highest BCUT2D eigenvalue weighted by atomic mass is 16.6. The van der Waals surface area contributed by atoms with E-state index in [0.717, 1.165) is 35.7 Å². The van der Waals surface area contributed by atoms with Gasteiger partial charge in [-0.25, -0.2) is 4.79 Å². The van der Waals surface area contributed by atoms with E-state index < -0.39 is 5.60 Å². The van der Waals surface area contributed by atoms with Crippen molar-refractivity contribution < 1.29 is 14.4 Å². The number of hydrogen-bond acceptors (Lipinski definition) is 6. The monoisotopic (exact) mass is 398 g/mol. The van der Waals surface area contributed by atoms with Crippen molar-refractivity contribution in [3.8, 4) is 0 Å². The third-order valence-corrected chi connectivity index (χ3v) is 4.72. The second-order valence-electron chi connectivity index (χ2n) is 8.35. The summed E-state index contributed by atoms with van der Waals surface area (Å²) in [6, 6.07) is 7.18. The summed E-state index contributed by atoms with van der Waals surface area (Å²) in [5.74, 6) is 0.763. The number of benzene rings is 1. The van der Waals surface area contributed by atoms with Crippen LogP contribution in [0.25, 0.3) is 0 Å². The van der Waals surface area contributed by atoms with E-state index >= 15 is 0 Å². The van der Waals surface area contributed by atoms with Gasteiger partial charge in [-0.05, 0) is 58.2 Å². The summed E-state index contributed by atoms with van der Waals surface area (Å²) < 4.78 is 7.29. The van der Waals surface area contributed by atoms with E-state index in [0.29, 0.717) is 12.2 Å². The predicted octanol–water partition coefficient (Wildman–Crippen LogP) is 3.83. The van der Waals surface area contributed by atoms with Crippen LogP contribution in [-0.4, -0.2) is 40.7 Å². The zero-order chi connectivity index (χ0) is 21.0. The van der Waals surface area contributed by atoms with Crippen molar-refractivity contribution in [1.29, 1.82) is 0 Å². The molecule has 0 atom stereocenters. The number of esters is 1. The van der Waals surface area contributed by atoms with Gasteiger partial charge < -0.3 is 14.5 Å². The van der Waals surface area contributed by atoms with Crippen LogP contribution in [0.5, 0.6) is 0 Å². The van der Waals surface area contributed by atoms with E-state index in [1.165, 1.54) is 12.8 Å². The Hall–Kier alpha value is -2.83. The lowest BCUT2D eigenvalue weighted by atomic mass is 10.1. The topological polar surface area (TPSA) is 69.0 Å². The minimum Gasteiger partial charge on any atom is -0.456 e. The van der Waals surface area contributed by atoms with Gasteiger partial charge in [-0.15, -0.1) is 0 Å². The first kappa shape index (κ1) is 20.9. The van der Waals surface area contributed by atoms with Crippen LogP contribution in [0.2, 0.25) is 0 Å². The highest BCUT2D eigenvalue weighted by molar-refractivity contribution is 5.89. The molecule has 29 heavy (non-hydrogen) atoms. The third kappa shape index (κ3) is 5.37. The van der Waals surface area contributed by atoms with Crippen molar-refractivity contribution >= 4 is 18.0 Å². The van der Waals surface area contributed by atoms with Crippen LogP contribution in [0, 0.1) is 6.92 Å². The predicted molar refractivity (Wildman–Crippen MR) is 113 cm³/mol. The van der Waals surface area contributed by atoms with E-state index in [1.807, 2.05) is 51.6 Å². The molecule has 1 saturated heterocycles. The highest BCUT2D eigenvalue weighted by Gasteiger charge is 2.21. The Bertz CT molecular complexity index is 873. The summed E-state index contributed by atoms with van der Waals surface area (Å²) in [5, 5.41) is 8.68. The van der Waals surface area contributed by atoms with Crippen molar-refractivity contribution in [3.63, 3.8) is 0 Å². The maximum absolute atomic E-state index is 12.1. The van der Waals surface area contributed by atoms with Gasteiger partial charge >= 0.3 is 5.97 Å². The molecule has 0 bridgehead atoms. The largest absolute Gasteiger partial charge is 0.456 e. The smallest absolute Gasteiger partial charge is 0.338 e. The van der Waals surface area contributed by atoms with Crippen LogP contribution in [-0.2, 0) is 23.2 Å². The lowest BCUT2D eigenvalue weighted by molar-refractivity contribution is 0.00694. The van der Waals surface area contributed by atoms with E-state index in [9.17, 15) is 4.79 Å². The number of aromatic nitrogens is 2. The second kappa shape index (κ2) is 8.68. The van der Waals surface area contributed by atoms with Gasteiger partial charge in [-0.3, -0.25) is 4.68 Å². The molecule has 1 fully saturated rings. The molecule has 1 aliphatic rings. The Morgan fingerprint density at radius 1 is 1.21 bits per heavy atom. The SMILES string of the molecule is Cc1nn(C)c(N2CCCC2)c1/C=N/OCc1ccc(C(=O)OC(C)(C)C)cc1. The molecule has 1 aliphatic heterocycles. The minimum atomic E-state index is -0.508. The van der Waals surface area contributed by atoms with Gasteiger partial charge in [-0.1, -0.05) is 17.3 Å². The molecular formula is C22H30N4O3. The molecule has 2 heterocycles. The molecule has 2 aromatic rings. The molecule has 0 saturated carbocycles. The molecule has 0 amide bonds. The number of aryl methyl sites for hydroxylation is 2. The van der Waals surface area contributed by atoms with E-state index in [-0.39, 0.29) is 5.97 Å². The number of rotatable bonds is 6. The maximum atomic E-state index is 12.1. The summed E-state index contributed by atoms with van der Waals surface area (Å²) in [6.07, 6.45) is 4.15. The second-order valence-corrected chi connectivity index (χ2v) is 8.35. The Morgan fingerprint density at radius 2 is 1.86 bits per heavy atom. The van der Waals surface area contributed by atoms with Crippen molar-refractivity contribution in [1.82, 2.24) is 9.78 Å². The average molecular weight is 399 g/mol. The summed E-state index contributed by atoms with van der Waals surface area (Å²) >= 11 is 0. The molecule has 0 spiro atoms. The number of oxime groups is 1. The summed E-state index contributed by atoms with van der Waals surface area (Å²) in [4.78, 5) is 19.9. The van der Waals surface area contributed by atoms with Gasteiger partial charge in [-0.2, -0.15) is 5.10 Å². The third-order valence-electron chi connectivity index (χ3n) is 4.72. The molecule has 156 valence electrons. The Morgan fingerprint density at radius 3 is 2.48 bits per heavy atom. The summed E-state index contributed by atoms with van der Waals surface area (Å²) in [5.41, 5.74) is 2.87. The van der Waals surface area contributed by atoms with Crippen LogP contribution < -0.4 is 4.90 Å². The van der Waals surface area contributed by atoms with Gasteiger partial charge in [0, 0.05) is 20.1 Å². The first-order chi connectivity index (χ1) is 13.7. The van der Waals surface area contributed by atoms with E-state index in [2.05, 4.69) is 15.2 Å². The summed E-state index contributed by atoms with van der Waals surface area (Å²) in [7, 11) is 1.96. The lowest BCUT2D eigenvalue weighted by Gasteiger charge is -2.19. The zero-order valence-electron chi connectivity index (χ0n) is 17.9. The van der Waals surface area contributed by atoms with Crippen molar-refractivity contribution in [2.24, 2.45) is 12.2 Å². The van der Waals surface area contributed by atoms with Crippen molar-refractivity contribution in [2.75, 3.05) is 18.0 Å². The fraction of sp³-hybridized carbons (Fsp3) is 0.500. The van der Waals surface area contributed by atoms with Crippen LogP contribution in [0.4, 0.5) is 5.82 Å². The Labute approximate surface area is 172 Å². The Balaban J connectivity index is 1.59. The van der Waals surface area contributed by atoms with Crippen molar-refractivity contribution in [3.05, 3.63) is 46.6 Å². The number of hydrogen-bond donors (Lipinski definition) is 0. The van der Waals surface area contributed by atoms with Crippen molar-refractivity contribution in [2.45, 2.75) is 52.7 Å². The average Bonchev–Trinajstić information content (AvgIpc) is 3.25. The molecule has 3 rings (SSSR count). The molecule has 1 aromatic carbocycles. The van der Waals surface area contributed by atoms with E-state index in [4.69, 9.17) is 9.57 Å². The zero-order valence-corrected chi connectivity index (χ0v) is 17.9. The van der Waals surface area contributed by atoms with Gasteiger partial charge in [0.2, 0.25) is 0 Å². The minimum absolute atomic E-state index is 0.323. The molecule has 0 N–H and O–H groups in total. The van der Waals surface area contributed by atoms with Crippen LogP contribution in [0.15, 0.2) is 29.4 Å². The highest BCUT2D eigenvalue weighted by Crippen LogP contribution is 2.25. The summed E-state index contributed by atoms with van der Waals surface area (Å²) in [6.45, 7) is 9.95. The van der Waals surface area contributed by atoms with Crippen LogP contribution in [0.1, 0.15) is 60.8 Å². The number of ether oxygens (including phenoxy) is 1. The molecule has 7 nitrogen and oxygen atoms in total. The molecule has 0 radical (unpaired) electrons. The fourth-order valence-electron chi connectivity index (χ4n) is 3.39. The van der Waals surface area contributed by atoms with Gasteiger partial charge in [0.25, 0.3) is 0 Å². The van der Waals surface area contributed by atoms with Gasteiger partial charge in [0.1, 0.15) is 18.0 Å². The maximum Gasteiger partial charge on any atom is 0.338 e. The first-order valence-electron chi connectivity index (χ1n) is 10.0. The number of carbonyl (C=O) groups excluding carboxylic acids is 1. The standard InChI is InChI=1S/C22H30N4O3/c1-16-19(20(25(5)24-16)26-12-6-7-13-26)14-23-28-15-17-8-10-18(11-9-17)21(27)29-22(2,3)4/h8-11,14H,6-7,12-13,15H2,1-5H3/b23-14+. The quantitative estimate of drug-likeness (QED) is 0.420. The number of carbonyl (C=O) groups is 1. The first-order valence-corrected chi connectivity index (χ1v) is 10.0. The van der Waals surface area contributed by atoms with E-state index in [1.54, 1.807) is 18.3 Å². The van der Waals surface area contributed by atoms with Gasteiger partial charge in [0.05, 0.1) is 23.0 Å². The van der Waals surface area contributed by atoms with Gasteiger partial charge in [0.15, 0.2) is 0 Å². The molecule has 7 heteroatoms. The number of nitrogens with zero attached hydrogens (tertiary/aromatic N) is 4. The van der Waals surface area contributed by atoms with Crippen LogP contribution >= 0.6 is 0 Å². The molecule has 0 aliphatic carbocycles. The van der Waals surface area contributed by atoms with Crippen LogP contribution in [0.3, 0.4) is 0 Å². The number of anilines is 1. The lowest BCUT2D eigenvalue weighted by Crippen LogP contribution is -2.23. The Kier molecular flexibility index (Phi) is 6.25. The fourth-order valence-corrected chi connectivity index (χ4v) is 3.39.